The lowest BCUT2D eigenvalue weighted by Crippen LogP contribution is -2.13. The molecular formula is C27H24F2N4O4. The molecule has 0 saturated carbocycles. The van der Waals surface area contributed by atoms with Crippen LogP contribution in [-0.4, -0.2) is 24.4 Å². The molecule has 0 radical (unpaired) electrons. The van der Waals surface area contributed by atoms with Crippen LogP contribution < -0.4 is 25.4 Å². The summed E-state index contributed by atoms with van der Waals surface area (Å²) < 4.78 is 38.6. The van der Waals surface area contributed by atoms with Crippen LogP contribution in [0.2, 0.25) is 0 Å². The van der Waals surface area contributed by atoms with Crippen molar-refractivity contribution in [3.05, 3.63) is 102 Å². The van der Waals surface area contributed by atoms with Gasteiger partial charge in [-0.3, -0.25) is 14.5 Å². The summed E-state index contributed by atoms with van der Waals surface area (Å²) in [7, 11) is 1.47. The van der Waals surface area contributed by atoms with Gasteiger partial charge in [-0.1, -0.05) is 6.08 Å². The van der Waals surface area contributed by atoms with Crippen LogP contribution in [0.1, 0.15) is 12.6 Å². The van der Waals surface area contributed by atoms with E-state index in [1.54, 1.807) is 13.0 Å². The van der Waals surface area contributed by atoms with Crippen molar-refractivity contribution in [2.45, 2.75) is 6.92 Å². The number of methoxy groups -OCH3 is 1. The van der Waals surface area contributed by atoms with E-state index in [1.807, 2.05) is 0 Å². The highest BCUT2D eigenvalue weighted by atomic mass is 19.1. The van der Waals surface area contributed by atoms with Crippen molar-refractivity contribution >= 4 is 29.8 Å². The number of nitrogens with two attached hydrogens (primary N) is 1. The number of allylic oxidation sites excluding steroid dienone is 2. The second kappa shape index (κ2) is 12.6. The fraction of sp³-hybridized carbons (Fsp3) is 0.0741. The SMILES string of the molecule is COc1cnc(C=CN)c(Oc2ccc(NC(=O)/C(C)=C/C=C\N(C=O)c3ccc(F)cc3)cc2F)c1. The minimum Gasteiger partial charge on any atom is -0.495 e. The number of nitrogens with zero attached hydrogens (tertiary/aromatic N) is 2. The van der Waals surface area contributed by atoms with Gasteiger partial charge < -0.3 is 20.5 Å². The molecule has 0 fully saturated rings. The van der Waals surface area contributed by atoms with E-state index in [0.717, 1.165) is 6.07 Å². The molecule has 190 valence electrons. The Hall–Kier alpha value is -4.99. The van der Waals surface area contributed by atoms with Crippen molar-refractivity contribution in [3.8, 4) is 17.2 Å². The number of aromatic nitrogens is 1. The quantitative estimate of drug-likeness (QED) is 0.224. The third-order valence-electron chi connectivity index (χ3n) is 4.95. The average molecular weight is 507 g/mol. The zero-order valence-electron chi connectivity index (χ0n) is 20.0. The molecule has 3 rings (SSSR count). The van der Waals surface area contributed by atoms with Crippen LogP contribution in [0.25, 0.3) is 6.08 Å². The Kier molecular flexibility index (Phi) is 9.09. The zero-order valence-corrected chi connectivity index (χ0v) is 20.0. The summed E-state index contributed by atoms with van der Waals surface area (Å²) in [5.74, 6) is -1.07. The van der Waals surface area contributed by atoms with Gasteiger partial charge in [0.15, 0.2) is 17.3 Å². The number of hydrogen-bond acceptors (Lipinski definition) is 6. The molecule has 37 heavy (non-hydrogen) atoms. The maximum atomic E-state index is 14.7. The Morgan fingerprint density at radius 1 is 1.11 bits per heavy atom. The highest BCUT2D eigenvalue weighted by Crippen LogP contribution is 2.31. The Bertz CT molecular complexity index is 1360. The van der Waals surface area contributed by atoms with Crippen LogP contribution in [0.3, 0.4) is 0 Å². The number of rotatable bonds is 10. The number of carbonyl (C=O) groups is 2. The number of anilines is 2. The Labute approximate surface area is 212 Å². The predicted molar refractivity (Wildman–Crippen MR) is 137 cm³/mol. The number of halogens is 2. The molecule has 3 aromatic rings. The predicted octanol–water partition coefficient (Wildman–Crippen LogP) is 5.15. The molecule has 0 atom stereocenters. The standard InChI is InChI=1S/C27H24F2N4O4/c1-18(4-3-13-33(17-34)21-8-5-19(28)6-9-21)27(35)32-20-7-10-25(23(29)14-20)37-26-15-22(36-2)16-31-24(26)11-12-30/h3-17H,30H2,1-2H3,(H,32,35)/b12-11?,13-3-,18-4+. The number of amides is 2. The summed E-state index contributed by atoms with van der Waals surface area (Å²) in [4.78, 5) is 29.2. The molecule has 0 saturated heterocycles. The fourth-order valence-electron chi connectivity index (χ4n) is 3.01. The topological polar surface area (TPSA) is 107 Å². The molecule has 1 aromatic heterocycles. The molecule has 3 N–H and O–H groups in total. The van der Waals surface area contributed by atoms with Crippen molar-refractivity contribution < 1.29 is 27.8 Å². The van der Waals surface area contributed by atoms with Gasteiger partial charge in [0.2, 0.25) is 6.41 Å². The Balaban J connectivity index is 1.68. The van der Waals surface area contributed by atoms with Crippen molar-refractivity contribution in [1.82, 2.24) is 4.98 Å². The molecule has 0 unspecified atom stereocenters. The van der Waals surface area contributed by atoms with Crippen molar-refractivity contribution in [2.75, 3.05) is 17.3 Å². The lowest BCUT2D eigenvalue weighted by molar-refractivity contribution is -0.112. The van der Waals surface area contributed by atoms with Crippen LogP contribution in [-0.2, 0) is 9.59 Å². The first kappa shape index (κ1) is 26.6. The van der Waals surface area contributed by atoms with E-state index < -0.39 is 17.5 Å². The third kappa shape index (κ3) is 7.25. The van der Waals surface area contributed by atoms with Gasteiger partial charge in [0.05, 0.1) is 13.3 Å². The summed E-state index contributed by atoms with van der Waals surface area (Å²) in [5.41, 5.74) is 6.77. The maximum absolute atomic E-state index is 14.7. The van der Waals surface area contributed by atoms with Crippen LogP contribution >= 0.6 is 0 Å². The van der Waals surface area contributed by atoms with Crippen LogP contribution in [0.4, 0.5) is 20.2 Å². The number of hydrogen-bond donors (Lipinski definition) is 2. The Morgan fingerprint density at radius 3 is 2.51 bits per heavy atom. The molecule has 0 spiro atoms. The van der Waals surface area contributed by atoms with E-state index in [2.05, 4.69) is 10.3 Å². The van der Waals surface area contributed by atoms with Gasteiger partial charge in [0.25, 0.3) is 5.91 Å². The second-order valence-corrected chi connectivity index (χ2v) is 7.50. The van der Waals surface area contributed by atoms with E-state index in [0.29, 0.717) is 29.1 Å². The monoisotopic (exact) mass is 506 g/mol. The average Bonchev–Trinajstić information content (AvgIpc) is 2.89. The molecule has 0 bridgehead atoms. The highest BCUT2D eigenvalue weighted by Gasteiger charge is 2.12. The lowest BCUT2D eigenvalue weighted by atomic mass is 10.2. The molecule has 0 aliphatic rings. The van der Waals surface area contributed by atoms with Crippen molar-refractivity contribution in [1.29, 1.82) is 0 Å². The summed E-state index contributed by atoms with van der Waals surface area (Å²) in [6.45, 7) is 1.55. The van der Waals surface area contributed by atoms with Gasteiger partial charge in [0, 0.05) is 35.3 Å². The van der Waals surface area contributed by atoms with Gasteiger partial charge in [-0.05, 0) is 61.7 Å². The van der Waals surface area contributed by atoms with Gasteiger partial charge >= 0.3 is 0 Å². The number of ether oxygens (including phenoxy) is 2. The van der Waals surface area contributed by atoms with Gasteiger partial charge in [-0.2, -0.15) is 0 Å². The van der Waals surface area contributed by atoms with Gasteiger partial charge in [-0.25, -0.2) is 13.8 Å². The molecule has 2 aromatic carbocycles. The van der Waals surface area contributed by atoms with Gasteiger partial charge in [0.1, 0.15) is 17.3 Å². The normalized spacial score (nSPS) is 11.5. The molecule has 8 nitrogen and oxygen atoms in total. The van der Waals surface area contributed by atoms with E-state index in [-0.39, 0.29) is 17.2 Å². The van der Waals surface area contributed by atoms with Gasteiger partial charge in [-0.15, -0.1) is 0 Å². The minimum absolute atomic E-state index is 0.0929. The molecule has 0 aliphatic heterocycles. The van der Waals surface area contributed by atoms with E-state index in [1.165, 1.54) is 85.2 Å². The second-order valence-electron chi connectivity index (χ2n) is 7.50. The third-order valence-corrected chi connectivity index (χ3v) is 4.95. The number of carbonyl (C=O) groups excluding carboxylic acids is 2. The zero-order chi connectivity index (χ0) is 26.8. The maximum Gasteiger partial charge on any atom is 0.251 e. The molecular weight excluding hydrogens is 482 g/mol. The van der Waals surface area contributed by atoms with E-state index in [9.17, 15) is 18.4 Å². The van der Waals surface area contributed by atoms with Crippen LogP contribution in [0.15, 0.2) is 84.9 Å². The first-order valence-corrected chi connectivity index (χ1v) is 10.9. The number of benzene rings is 2. The number of nitrogens with one attached hydrogen (secondary N) is 1. The molecule has 1 heterocycles. The van der Waals surface area contributed by atoms with Crippen molar-refractivity contribution in [3.63, 3.8) is 0 Å². The largest absolute Gasteiger partial charge is 0.495 e. The van der Waals surface area contributed by atoms with E-state index in [4.69, 9.17) is 15.2 Å². The number of pyridine rings is 1. The highest BCUT2D eigenvalue weighted by molar-refractivity contribution is 6.03. The summed E-state index contributed by atoms with van der Waals surface area (Å²) >= 11 is 0. The van der Waals surface area contributed by atoms with E-state index >= 15 is 0 Å². The Morgan fingerprint density at radius 2 is 1.86 bits per heavy atom. The summed E-state index contributed by atoms with van der Waals surface area (Å²) in [5, 5.41) is 2.59. The molecule has 2 amide bonds. The summed E-state index contributed by atoms with van der Waals surface area (Å²) in [6.07, 6.45) is 9.19. The fourth-order valence-corrected chi connectivity index (χ4v) is 3.01. The lowest BCUT2D eigenvalue weighted by Gasteiger charge is -2.12. The first-order chi connectivity index (χ1) is 17.8. The first-order valence-electron chi connectivity index (χ1n) is 10.9. The molecule has 10 heteroatoms. The van der Waals surface area contributed by atoms with Crippen molar-refractivity contribution in [2.24, 2.45) is 5.73 Å². The minimum atomic E-state index is -0.717. The van der Waals surface area contributed by atoms with Crippen LogP contribution in [0, 0.1) is 11.6 Å². The molecule has 0 aliphatic carbocycles. The smallest absolute Gasteiger partial charge is 0.251 e. The van der Waals surface area contributed by atoms with Crippen LogP contribution in [0.5, 0.6) is 17.2 Å². The summed E-state index contributed by atoms with van der Waals surface area (Å²) in [6, 6.07) is 10.9.